The van der Waals surface area contributed by atoms with E-state index in [-0.39, 0.29) is 0 Å². The maximum atomic E-state index is 11.0. The Morgan fingerprint density at radius 2 is 2.24 bits per heavy atom. The van der Waals surface area contributed by atoms with Crippen LogP contribution in [0.15, 0.2) is 35.1 Å². The number of imidazole rings is 1. The van der Waals surface area contributed by atoms with E-state index in [9.17, 15) is 5.11 Å². The predicted octanol–water partition coefficient (Wildman–Crippen LogP) is 3.52. The largest absolute Gasteiger partial charge is 0.389 e. The number of benzene rings is 1. The molecule has 1 unspecified atom stereocenters. The van der Waals surface area contributed by atoms with Gasteiger partial charge in [0.1, 0.15) is 5.82 Å². The molecule has 0 saturated heterocycles. The van der Waals surface area contributed by atoms with E-state index in [1.807, 2.05) is 12.4 Å². The summed E-state index contributed by atoms with van der Waals surface area (Å²) in [6.45, 7) is 3.13. The first kappa shape index (κ1) is 14.8. The van der Waals surface area contributed by atoms with E-state index in [1.165, 1.54) is 11.1 Å². The highest BCUT2D eigenvalue weighted by Gasteiger charge is 2.33. The Hall–Kier alpha value is -1.13. The first-order valence-corrected chi connectivity index (χ1v) is 8.39. The minimum atomic E-state index is -0.669. The average molecular weight is 349 g/mol. The smallest absolute Gasteiger partial charge is 0.111 e. The van der Waals surface area contributed by atoms with Gasteiger partial charge in [-0.25, -0.2) is 4.98 Å². The molecule has 1 heterocycles. The molecule has 1 atom stereocenters. The number of rotatable bonds is 4. The number of nitrogens with zero attached hydrogens (tertiary/aromatic N) is 2. The zero-order valence-corrected chi connectivity index (χ0v) is 13.9. The van der Waals surface area contributed by atoms with E-state index in [2.05, 4.69) is 50.6 Å². The third kappa shape index (κ3) is 3.22. The lowest BCUT2D eigenvalue weighted by atomic mass is 9.78. The van der Waals surface area contributed by atoms with Gasteiger partial charge < -0.3 is 9.67 Å². The zero-order chi connectivity index (χ0) is 14.9. The van der Waals surface area contributed by atoms with Crippen LogP contribution in [0.25, 0.3) is 0 Å². The number of halogens is 1. The van der Waals surface area contributed by atoms with Crippen molar-refractivity contribution in [1.82, 2.24) is 9.55 Å². The van der Waals surface area contributed by atoms with Crippen LogP contribution in [0.1, 0.15) is 36.7 Å². The molecule has 2 aromatic rings. The van der Waals surface area contributed by atoms with E-state index in [0.29, 0.717) is 12.8 Å². The minimum absolute atomic E-state index is 0.634. The molecule has 1 aromatic carbocycles. The maximum Gasteiger partial charge on any atom is 0.111 e. The highest BCUT2D eigenvalue weighted by molar-refractivity contribution is 9.10. The number of aryl methyl sites for hydroxylation is 2. The number of fused-ring (bicyclic) bond motifs is 1. The second-order valence-electron chi connectivity index (χ2n) is 6.03. The average Bonchev–Trinajstić information content (AvgIpc) is 2.87. The van der Waals surface area contributed by atoms with Gasteiger partial charge in [-0.15, -0.1) is 0 Å². The second-order valence-corrected chi connectivity index (χ2v) is 6.94. The fraction of sp³-hybridized carbons (Fsp3) is 0.471. The van der Waals surface area contributed by atoms with Crippen LogP contribution in [0.5, 0.6) is 0 Å². The van der Waals surface area contributed by atoms with Crippen LogP contribution in [-0.4, -0.2) is 20.3 Å². The molecule has 0 aliphatic heterocycles. The molecule has 0 amide bonds. The van der Waals surface area contributed by atoms with Crippen LogP contribution in [0.2, 0.25) is 0 Å². The highest BCUT2D eigenvalue weighted by atomic mass is 79.9. The number of aliphatic hydroxyl groups is 1. The Morgan fingerprint density at radius 3 is 3.05 bits per heavy atom. The van der Waals surface area contributed by atoms with Gasteiger partial charge >= 0.3 is 0 Å². The molecule has 112 valence electrons. The summed E-state index contributed by atoms with van der Waals surface area (Å²) in [5, 5.41) is 11.0. The van der Waals surface area contributed by atoms with E-state index < -0.39 is 5.60 Å². The molecule has 0 spiro atoms. The van der Waals surface area contributed by atoms with Gasteiger partial charge in [-0.1, -0.05) is 28.9 Å². The van der Waals surface area contributed by atoms with Gasteiger partial charge in [0.05, 0.1) is 5.60 Å². The molecule has 1 N–H and O–H groups in total. The second kappa shape index (κ2) is 5.93. The van der Waals surface area contributed by atoms with Crippen LogP contribution >= 0.6 is 15.9 Å². The summed E-state index contributed by atoms with van der Waals surface area (Å²) in [5.41, 5.74) is 1.95. The Bertz CT molecular complexity index is 637. The van der Waals surface area contributed by atoms with Crippen molar-refractivity contribution in [1.29, 1.82) is 0 Å². The summed E-state index contributed by atoms with van der Waals surface area (Å²) in [4.78, 5) is 4.44. The van der Waals surface area contributed by atoms with Gasteiger partial charge in [-0.05, 0) is 42.5 Å². The molecule has 0 saturated carbocycles. The van der Waals surface area contributed by atoms with Gasteiger partial charge in [0, 0.05) is 36.3 Å². The highest BCUT2D eigenvalue weighted by Crippen LogP contribution is 2.32. The van der Waals surface area contributed by atoms with E-state index >= 15 is 0 Å². The molecule has 0 fully saturated rings. The van der Waals surface area contributed by atoms with Crippen molar-refractivity contribution in [3.05, 3.63) is 52.0 Å². The Kier molecular flexibility index (Phi) is 4.18. The third-order valence-corrected chi connectivity index (χ3v) is 4.79. The Balaban J connectivity index is 1.79. The fourth-order valence-corrected chi connectivity index (χ4v) is 3.62. The monoisotopic (exact) mass is 348 g/mol. The van der Waals surface area contributed by atoms with Crippen molar-refractivity contribution >= 4 is 15.9 Å². The molecule has 1 aromatic heterocycles. The summed E-state index contributed by atoms with van der Waals surface area (Å²) in [6.07, 6.45) is 8.01. The first-order chi connectivity index (χ1) is 10.1. The van der Waals surface area contributed by atoms with Crippen molar-refractivity contribution in [2.24, 2.45) is 0 Å². The standard InChI is InChI=1S/C17H21BrN2O/c1-2-8-20-9-7-19-16(20)12-17(21)6-5-13-10-15(18)4-3-14(13)11-17/h3-4,7,9-10,21H,2,5-6,8,11-12H2,1H3. The SMILES string of the molecule is CCCn1ccnc1CC1(O)CCc2cc(Br)ccc2C1. The van der Waals surface area contributed by atoms with Crippen molar-refractivity contribution in [3.63, 3.8) is 0 Å². The van der Waals surface area contributed by atoms with Gasteiger partial charge in [-0.3, -0.25) is 0 Å². The van der Waals surface area contributed by atoms with Crippen LogP contribution in [0.4, 0.5) is 0 Å². The molecule has 3 rings (SSSR count). The maximum absolute atomic E-state index is 11.0. The van der Waals surface area contributed by atoms with Crippen molar-refractivity contribution in [2.45, 2.75) is 51.2 Å². The van der Waals surface area contributed by atoms with Crippen LogP contribution in [0.3, 0.4) is 0 Å². The summed E-state index contributed by atoms with van der Waals surface area (Å²) in [5.74, 6) is 1.000. The summed E-state index contributed by atoms with van der Waals surface area (Å²) in [7, 11) is 0. The molecule has 1 aliphatic carbocycles. The number of hydrogen-bond donors (Lipinski definition) is 1. The molecule has 21 heavy (non-hydrogen) atoms. The third-order valence-electron chi connectivity index (χ3n) is 4.30. The van der Waals surface area contributed by atoms with Gasteiger partial charge in [0.15, 0.2) is 0 Å². The van der Waals surface area contributed by atoms with Crippen molar-refractivity contribution in [3.8, 4) is 0 Å². The lowest BCUT2D eigenvalue weighted by Crippen LogP contribution is -2.39. The fourth-order valence-electron chi connectivity index (χ4n) is 3.21. The quantitative estimate of drug-likeness (QED) is 0.917. The molecule has 0 radical (unpaired) electrons. The predicted molar refractivity (Wildman–Crippen MR) is 87.3 cm³/mol. The van der Waals surface area contributed by atoms with Crippen molar-refractivity contribution < 1.29 is 5.11 Å². The Labute approximate surface area is 134 Å². The van der Waals surface area contributed by atoms with Crippen LogP contribution in [-0.2, 0) is 25.8 Å². The minimum Gasteiger partial charge on any atom is -0.389 e. The van der Waals surface area contributed by atoms with Crippen molar-refractivity contribution in [2.75, 3.05) is 0 Å². The van der Waals surface area contributed by atoms with Crippen LogP contribution < -0.4 is 0 Å². The van der Waals surface area contributed by atoms with Crippen LogP contribution in [0, 0.1) is 0 Å². The van der Waals surface area contributed by atoms with E-state index in [1.54, 1.807) is 0 Å². The molecule has 0 bridgehead atoms. The molecular weight excluding hydrogens is 328 g/mol. The Morgan fingerprint density at radius 1 is 1.38 bits per heavy atom. The lowest BCUT2D eigenvalue weighted by Gasteiger charge is -2.33. The lowest BCUT2D eigenvalue weighted by molar-refractivity contribution is 0.0240. The molecule has 4 heteroatoms. The molecular formula is C17H21BrN2O. The molecule has 3 nitrogen and oxygen atoms in total. The summed E-state index contributed by atoms with van der Waals surface area (Å²) >= 11 is 3.52. The van der Waals surface area contributed by atoms with Gasteiger partial charge in [-0.2, -0.15) is 0 Å². The first-order valence-electron chi connectivity index (χ1n) is 7.59. The number of hydrogen-bond acceptors (Lipinski definition) is 2. The van der Waals surface area contributed by atoms with E-state index in [0.717, 1.165) is 36.1 Å². The topological polar surface area (TPSA) is 38.0 Å². The van der Waals surface area contributed by atoms with Gasteiger partial charge in [0.25, 0.3) is 0 Å². The summed E-state index contributed by atoms with van der Waals surface area (Å²) < 4.78 is 3.28. The van der Waals surface area contributed by atoms with Gasteiger partial charge in [0.2, 0.25) is 0 Å². The molecule has 1 aliphatic rings. The summed E-state index contributed by atoms with van der Waals surface area (Å²) in [6, 6.07) is 6.36. The number of aromatic nitrogens is 2. The normalized spacial score (nSPS) is 21.3. The zero-order valence-electron chi connectivity index (χ0n) is 12.3. The van der Waals surface area contributed by atoms with E-state index in [4.69, 9.17) is 0 Å².